The van der Waals surface area contributed by atoms with E-state index in [1.54, 1.807) is 0 Å². The average Bonchev–Trinajstić information content (AvgIpc) is 3.17. The van der Waals surface area contributed by atoms with Gasteiger partial charge in [0, 0.05) is 35.5 Å². The van der Waals surface area contributed by atoms with Crippen molar-refractivity contribution in [3.63, 3.8) is 0 Å². The predicted molar refractivity (Wildman–Crippen MR) is 83.8 cm³/mol. The summed E-state index contributed by atoms with van der Waals surface area (Å²) in [5, 5.41) is 12.5. The van der Waals surface area contributed by atoms with Gasteiger partial charge in [-0.15, -0.1) is 0 Å². The maximum atomic E-state index is 9.12. The molecule has 1 saturated carbocycles. The molecular formula is C16H22N4O. The number of aliphatic hydroxyl groups is 1. The minimum absolute atomic E-state index is 0.146. The molecule has 1 aliphatic rings. The average molecular weight is 286 g/mol. The molecular weight excluding hydrogens is 264 g/mol. The van der Waals surface area contributed by atoms with E-state index in [-0.39, 0.29) is 12.1 Å². The molecule has 0 saturated heterocycles. The van der Waals surface area contributed by atoms with Crippen molar-refractivity contribution in [3.05, 3.63) is 30.2 Å². The summed E-state index contributed by atoms with van der Waals surface area (Å²) < 4.78 is 0. The van der Waals surface area contributed by atoms with E-state index in [9.17, 15) is 0 Å². The molecule has 0 radical (unpaired) electrons. The van der Waals surface area contributed by atoms with E-state index in [1.165, 1.54) is 12.8 Å². The molecule has 0 aliphatic heterocycles. The molecule has 3 rings (SSSR count). The summed E-state index contributed by atoms with van der Waals surface area (Å²) in [6.07, 6.45) is 6.84. The Kier molecular flexibility index (Phi) is 3.45. The highest BCUT2D eigenvalue weighted by atomic mass is 16.3. The summed E-state index contributed by atoms with van der Waals surface area (Å²) in [5.74, 6) is 0.580. The number of rotatable bonds is 6. The van der Waals surface area contributed by atoms with Gasteiger partial charge in [-0.3, -0.25) is 0 Å². The van der Waals surface area contributed by atoms with Gasteiger partial charge in [0.05, 0.1) is 11.9 Å². The van der Waals surface area contributed by atoms with Crippen LogP contribution in [0.15, 0.2) is 19.0 Å². The Balaban J connectivity index is 1.88. The van der Waals surface area contributed by atoms with E-state index in [2.05, 4.69) is 21.9 Å². The molecule has 0 unspecified atom stereocenters. The van der Waals surface area contributed by atoms with E-state index < -0.39 is 0 Å². The van der Waals surface area contributed by atoms with E-state index >= 15 is 0 Å². The fraction of sp³-hybridized carbons (Fsp3) is 0.500. The summed E-state index contributed by atoms with van der Waals surface area (Å²) in [7, 11) is 0. The van der Waals surface area contributed by atoms with Crippen LogP contribution in [0.2, 0.25) is 0 Å². The van der Waals surface area contributed by atoms with Crippen molar-refractivity contribution in [3.8, 4) is 0 Å². The zero-order valence-corrected chi connectivity index (χ0v) is 12.6. The summed E-state index contributed by atoms with van der Waals surface area (Å²) in [5.41, 5.74) is 4.28. The molecule has 2 aromatic rings. The molecule has 0 atom stereocenters. The van der Waals surface area contributed by atoms with Crippen molar-refractivity contribution in [2.75, 3.05) is 6.61 Å². The largest absolute Gasteiger partial charge is 0.396 e. The topological polar surface area (TPSA) is 73.8 Å². The van der Waals surface area contributed by atoms with Gasteiger partial charge in [0.25, 0.3) is 0 Å². The third-order valence-corrected chi connectivity index (χ3v) is 3.95. The second kappa shape index (κ2) is 5.15. The van der Waals surface area contributed by atoms with Crippen LogP contribution in [0.4, 0.5) is 0 Å². The number of hydrogen-bond donors (Lipinski definition) is 3. The molecule has 0 aromatic carbocycles. The van der Waals surface area contributed by atoms with Crippen LogP contribution in [-0.4, -0.2) is 32.2 Å². The highest BCUT2D eigenvalue weighted by molar-refractivity contribution is 5.86. The maximum Gasteiger partial charge on any atom is 0.156 e. The SMILES string of the molecule is C=C(NC(C)(C)CCO)c1c[nH]c2ncc(C3CC3)nc12. The molecule has 2 aromatic heterocycles. The molecule has 2 heterocycles. The predicted octanol–water partition coefficient (Wildman–Crippen LogP) is 2.56. The van der Waals surface area contributed by atoms with Gasteiger partial charge in [0.1, 0.15) is 5.52 Å². The minimum Gasteiger partial charge on any atom is -0.396 e. The molecule has 5 heteroatoms. The van der Waals surface area contributed by atoms with Crippen LogP contribution in [0.3, 0.4) is 0 Å². The number of aromatic amines is 1. The highest BCUT2D eigenvalue weighted by Crippen LogP contribution is 2.39. The second-order valence-corrected chi connectivity index (χ2v) is 6.43. The first-order valence-electron chi connectivity index (χ1n) is 7.42. The zero-order chi connectivity index (χ0) is 15.0. The molecule has 1 aliphatic carbocycles. The first-order valence-corrected chi connectivity index (χ1v) is 7.42. The van der Waals surface area contributed by atoms with Crippen LogP contribution < -0.4 is 5.32 Å². The number of nitrogens with one attached hydrogen (secondary N) is 2. The Labute approximate surface area is 124 Å². The molecule has 0 bridgehead atoms. The van der Waals surface area contributed by atoms with Gasteiger partial charge in [0.2, 0.25) is 0 Å². The minimum atomic E-state index is -0.211. The maximum absolute atomic E-state index is 9.12. The number of nitrogens with zero attached hydrogens (tertiary/aromatic N) is 2. The van der Waals surface area contributed by atoms with E-state index in [1.807, 2.05) is 26.2 Å². The van der Waals surface area contributed by atoms with Crippen LogP contribution in [0.1, 0.15) is 50.3 Å². The van der Waals surface area contributed by atoms with Crippen molar-refractivity contribution in [2.24, 2.45) is 0 Å². The summed E-state index contributed by atoms with van der Waals surface area (Å²) in [4.78, 5) is 12.4. The third kappa shape index (κ3) is 2.93. The van der Waals surface area contributed by atoms with Crippen LogP contribution in [0.5, 0.6) is 0 Å². The normalized spacial score (nSPS) is 15.4. The van der Waals surface area contributed by atoms with E-state index in [0.717, 1.165) is 28.1 Å². The summed E-state index contributed by atoms with van der Waals surface area (Å²) >= 11 is 0. The fourth-order valence-electron chi connectivity index (χ4n) is 2.53. The lowest BCUT2D eigenvalue weighted by atomic mass is 10.00. The zero-order valence-electron chi connectivity index (χ0n) is 12.6. The molecule has 21 heavy (non-hydrogen) atoms. The Hall–Kier alpha value is -1.88. The Bertz CT molecular complexity index is 670. The molecule has 3 N–H and O–H groups in total. The molecule has 112 valence electrons. The van der Waals surface area contributed by atoms with Crippen LogP contribution >= 0.6 is 0 Å². The Morgan fingerprint density at radius 3 is 2.95 bits per heavy atom. The highest BCUT2D eigenvalue weighted by Gasteiger charge is 2.26. The van der Waals surface area contributed by atoms with Crippen LogP contribution in [-0.2, 0) is 0 Å². The van der Waals surface area contributed by atoms with E-state index in [4.69, 9.17) is 10.1 Å². The number of hydrogen-bond acceptors (Lipinski definition) is 4. The number of aliphatic hydroxyl groups excluding tert-OH is 1. The van der Waals surface area contributed by atoms with Gasteiger partial charge in [0.15, 0.2) is 5.65 Å². The van der Waals surface area contributed by atoms with Gasteiger partial charge in [-0.1, -0.05) is 6.58 Å². The van der Waals surface area contributed by atoms with Crippen LogP contribution in [0.25, 0.3) is 16.9 Å². The monoisotopic (exact) mass is 286 g/mol. The summed E-state index contributed by atoms with van der Waals surface area (Å²) in [6, 6.07) is 0. The third-order valence-electron chi connectivity index (χ3n) is 3.95. The molecule has 5 nitrogen and oxygen atoms in total. The fourth-order valence-corrected chi connectivity index (χ4v) is 2.53. The van der Waals surface area contributed by atoms with Crippen molar-refractivity contribution >= 4 is 16.9 Å². The summed E-state index contributed by atoms with van der Waals surface area (Å²) in [6.45, 7) is 8.36. The first kappa shape index (κ1) is 14.1. The van der Waals surface area contributed by atoms with Crippen LogP contribution in [0, 0.1) is 0 Å². The van der Waals surface area contributed by atoms with Gasteiger partial charge < -0.3 is 15.4 Å². The number of H-pyrrole nitrogens is 1. The van der Waals surface area contributed by atoms with Gasteiger partial charge >= 0.3 is 0 Å². The van der Waals surface area contributed by atoms with Gasteiger partial charge in [-0.25, -0.2) is 9.97 Å². The smallest absolute Gasteiger partial charge is 0.156 e. The van der Waals surface area contributed by atoms with Crippen molar-refractivity contribution in [2.45, 2.75) is 44.6 Å². The van der Waals surface area contributed by atoms with Gasteiger partial charge in [-0.05, 0) is 33.1 Å². The second-order valence-electron chi connectivity index (χ2n) is 6.43. The Morgan fingerprint density at radius 1 is 1.52 bits per heavy atom. The lowest BCUT2D eigenvalue weighted by Gasteiger charge is -2.27. The first-order chi connectivity index (χ1) is 10.00. The van der Waals surface area contributed by atoms with Gasteiger partial charge in [-0.2, -0.15) is 0 Å². The lowest BCUT2D eigenvalue weighted by molar-refractivity contribution is 0.243. The number of fused-ring (bicyclic) bond motifs is 1. The van der Waals surface area contributed by atoms with E-state index in [0.29, 0.717) is 12.3 Å². The standard InChI is InChI=1S/C16H22N4O/c1-10(20-16(2,3)6-7-21)12-8-17-15-14(12)19-13(9-18-15)11-4-5-11/h8-9,11,20-21H,1,4-7H2,2-3H3,(H,17,18). The van der Waals surface area contributed by atoms with Crippen molar-refractivity contribution in [1.82, 2.24) is 20.3 Å². The van der Waals surface area contributed by atoms with Crippen molar-refractivity contribution in [1.29, 1.82) is 0 Å². The van der Waals surface area contributed by atoms with Crippen molar-refractivity contribution < 1.29 is 5.11 Å². The molecule has 0 spiro atoms. The molecule has 1 fully saturated rings. The molecule has 0 amide bonds. The lowest BCUT2D eigenvalue weighted by Crippen LogP contribution is -2.38. The number of aromatic nitrogens is 3. The Morgan fingerprint density at radius 2 is 2.29 bits per heavy atom. The quantitative estimate of drug-likeness (QED) is 0.763.